The molecule has 0 spiro atoms. The summed E-state index contributed by atoms with van der Waals surface area (Å²) in [5, 5.41) is 8.21. The van der Waals surface area contributed by atoms with Crippen molar-refractivity contribution in [1.29, 1.82) is 0 Å². The molecular weight excluding hydrogens is 282 g/mol. The van der Waals surface area contributed by atoms with Crippen LogP contribution in [0.3, 0.4) is 0 Å². The molecular formula is C16H15N3OS. The standard InChI is InChI=1S/C16H15N3OS/c1-11-14-8-3-4-9-15(14)19(18-11)16(20)17-12-6-5-7-13(10-12)21-2/h3-10H,1-2H3,(H,17,20). The first-order valence-corrected chi connectivity index (χ1v) is 7.81. The molecule has 0 atom stereocenters. The molecule has 0 bridgehead atoms. The lowest BCUT2D eigenvalue weighted by Gasteiger charge is -2.07. The van der Waals surface area contributed by atoms with E-state index in [0.29, 0.717) is 0 Å². The highest BCUT2D eigenvalue weighted by molar-refractivity contribution is 7.98. The molecule has 0 radical (unpaired) electrons. The van der Waals surface area contributed by atoms with Gasteiger partial charge < -0.3 is 5.32 Å². The molecule has 1 aromatic heterocycles. The Hall–Kier alpha value is -2.27. The van der Waals surface area contributed by atoms with Crippen LogP contribution in [-0.4, -0.2) is 22.1 Å². The molecule has 1 amide bonds. The van der Waals surface area contributed by atoms with E-state index in [9.17, 15) is 4.79 Å². The molecule has 1 N–H and O–H groups in total. The van der Waals surface area contributed by atoms with Crippen molar-refractivity contribution in [2.24, 2.45) is 0 Å². The van der Waals surface area contributed by atoms with Crippen molar-refractivity contribution < 1.29 is 4.79 Å². The minimum absolute atomic E-state index is 0.252. The van der Waals surface area contributed by atoms with E-state index in [0.717, 1.165) is 27.2 Å². The van der Waals surface area contributed by atoms with E-state index in [4.69, 9.17) is 0 Å². The number of carbonyl (C=O) groups excluding carboxylic acids is 1. The Balaban J connectivity index is 1.94. The Kier molecular flexibility index (Phi) is 3.66. The average Bonchev–Trinajstić information content (AvgIpc) is 2.85. The molecule has 0 aliphatic carbocycles. The largest absolute Gasteiger partial charge is 0.347 e. The fraction of sp³-hybridized carbons (Fsp3) is 0.125. The van der Waals surface area contributed by atoms with Gasteiger partial charge in [0.2, 0.25) is 0 Å². The summed E-state index contributed by atoms with van der Waals surface area (Å²) in [6.45, 7) is 1.90. The van der Waals surface area contributed by atoms with Crippen molar-refractivity contribution in [3.63, 3.8) is 0 Å². The van der Waals surface area contributed by atoms with Crippen LogP contribution < -0.4 is 5.32 Å². The predicted molar refractivity (Wildman–Crippen MR) is 87.1 cm³/mol. The van der Waals surface area contributed by atoms with Gasteiger partial charge in [-0.15, -0.1) is 11.8 Å². The first kappa shape index (κ1) is 13.7. The first-order valence-electron chi connectivity index (χ1n) is 6.59. The Morgan fingerprint density at radius 3 is 2.81 bits per heavy atom. The van der Waals surface area contributed by atoms with Crippen molar-refractivity contribution in [3.8, 4) is 0 Å². The third-order valence-corrected chi connectivity index (χ3v) is 4.01. The minimum atomic E-state index is -0.252. The number of thioether (sulfide) groups is 1. The molecule has 0 aliphatic rings. The van der Waals surface area contributed by atoms with Gasteiger partial charge in [-0.3, -0.25) is 0 Å². The second-order valence-electron chi connectivity index (χ2n) is 4.68. The number of amides is 1. The number of fused-ring (bicyclic) bond motifs is 1. The first-order chi connectivity index (χ1) is 10.2. The molecule has 3 aromatic rings. The Morgan fingerprint density at radius 1 is 1.19 bits per heavy atom. The van der Waals surface area contributed by atoms with Gasteiger partial charge in [0.25, 0.3) is 0 Å². The van der Waals surface area contributed by atoms with Crippen LogP contribution in [0.15, 0.2) is 53.4 Å². The highest BCUT2D eigenvalue weighted by atomic mass is 32.2. The van der Waals surface area contributed by atoms with Gasteiger partial charge in [-0.05, 0) is 37.4 Å². The number of para-hydroxylation sites is 1. The average molecular weight is 297 g/mol. The van der Waals surface area contributed by atoms with E-state index < -0.39 is 0 Å². The highest BCUT2D eigenvalue weighted by Gasteiger charge is 2.13. The summed E-state index contributed by atoms with van der Waals surface area (Å²) >= 11 is 1.64. The SMILES string of the molecule is CSc1cccc(NC(=O)n2nc(C)c3ccccc32)c1. The van der Waals surface area contributed by atoms with E-state index >= 15 is 0 Å². The third-order valence-electron chi connectivity index (χ3n) is 3.29. The maximum absolute atomic E-state index is 12.4. The van der Waals surface area contributed by atoms with E-state index in [-0.39, 0.29) is 6.03 Å². The normalized spacial score (nSPS) is 10.8. The summed E-state index contributed by atoms with van der Waals surface area (Å²) in [7, 11) is 0. The molecule has 106 valence electrons. The number of aromatic nitrogens is 2. The molecule has 0 fully saturated rings. The monoisotopic (exact) mass is 297 g/mol. The molecule has 1 heterocycles. The molecule has 0 saturated heterocycles. The number of hydrogen-bond donors (Lipinski definition) is 1. The zero-order valence-electron chi connectivity index (χ0n) is 11.8. The quantitative estimate of drug-likeness (QED) is 0.723. The topological polar surface area (TPSA) is 46.9 Å². The predicted octanol–water partition coefficient (Wildman–Crippen LogP) is 4.15. The number of rotatable bonds is 2. The summed E-state index contributed by atoms with van der Waals surface area (Å²) in [6.07, 6.45) is 2.01. The van der Waals surface area contributed by atoms with Crippen LogP contribution in [0.1, 0.15) is 5.69 Å². The zero-order valence-corrected chi connectivity index (χ0v) is 12.6. The lowest BCUT2D eigenvalue weighted by molar-refractivity contribution is 0.251. The third kappa shape index (κ3) is 2.64. The molecule has 3 rings (SSSR count). The lowest BCUT2D eigenvalue weighted by Crippen LogP contribution is -2.20. The van der Waals surface area contributed by atoms with Crippen molar-refractivity contribution in [1.82, 2.24) is 9.78 Å². The van der Waals surface area contributed by atoms with Crippen LogP contribution in [0.2, 0.25) is 0 Å². The summed E-state index contributed by atoms with van der Waals surface area (Å²) in [5.41, 5.74) is 2.43. The molecule has 0 aliphatic heterocycles. The molecule has 4 nitrogen and oxygen atoms in total. The van der Waals surface area contributed by atoms with Gasteiger partial charge in [-0.2, -0.15) is 9.78 Å². The summed E-state index contributed by atoms with van der Waals surface area (Å²) in [5.74, 6) is 0. The molecule has 2 aromatic carbocycles. The van der Waals surface area contributed by atoms with Crippen molar-refractivity contribution in [3.05, 3.63) is 54.2 Å². The number of hydrogen-bond acceptors (Lipinski definition) is 3. The Morgan fingerprint density at radius 2 is 2.00 bits per heavy atom. The number of nitrogens with zero attached hydrogens (tertiary/aromatic N) is 2. The molecule has 0 saturated carbocycles. The lowest BCUT2D eigenvalue weighted by atomic mass is 10.2. The second kappa shape index (κ2) is 5.61. The van der Waals surface area contributed by atoms with E-state index in [1.165, 1.54) is 4.68 Å². The van der Waals surface area contributed by atoms with E-state index in [1.807, 2.05) is 61.7 Å². The molecule has 5 heteroatoms. The van der Waals surface area contributed by atoms with Gasteiger partial charge in [0.1, 0.15) is 0 Å². The zero-order chi connectivity index (χ0) is 14.8. The van der Waals surface area contributed by atoms with Crippen LogP contribution in [0.4, 0.5) is 10.5 Å². The summed E-state index contributed by atoms with van der Waals surface area (Å²) in [4.78, 5) is 13.5. The van der Waals surface area contributed by atoms with Gasteiger partial charge in [-0.25, -0.2) is 4.79 Å². The van der Waals surface area contributed by atoms with Gasteiger partial charge in [0, 0.05) is 16.0 Å². The maximum Gasteiger partial charge on any atom is 0.347 e. The fourth-order valence-electron chi connectivity index (χ4n) is 2.25. The van der Waals surface area contributed by atoms with Crippen LogP contribution in [0.25, 0.3) is 10.9 Å². The number of benzene rings is 2. The molecule has 21 heavy (non-hydrogen) atoms. The fourth-order valence-corrected chi connectivity index (χ4v) is 2.71. The summed E-state index contributed by atoms with van der Waals surface area (Å²) in [6, 6.07) is 15.2. The van der Waals surface area contributed by atoms with E-state index in [2.05, 4.69) is 10.4 Å². The smallest absolute Gasteiger partial charge is 0.306 e. The summed E-state index contributed by atoms with van der Waals surface area (Å²) < 4.78 is 1.41. The van der Waals surface area contributed by atoms with Gasteiger partial charge >= 0.3 is 6.03 Å². The van der Waals surface area contributed by atoms with Crippen LogP contribution in [0, 0.1) is 6.92 Å². The molecule has 0 unspecified atom stereocenters. The van der Waals surface area contributed by atoms with Gasteiger partial charge in [0.15, 0.2) is 0 Å². The highest BCUT2D eigenvalue weighted by Crippen LogP contribution is 2.21. The number of aryl methyl sites for hydroxylation is 1. The van der Waals surface area contributed by atoms with Gasteiger partial charge in [0.05, 0.1) is 11.2 Å². The van der Waals surface area contributed by atoms with Gasteiger partial charge in [-0.1, -0.05) is 24.3 Å². The van der Waals surface area contributed by atoms with Crippen LogP contribution >= 0.6 is 11.8 Å². The number of anilines is 1. The van der Waals surface area contributed by atoms with E-state index in [1.54, 1.807) is 11.8 Å². The number of nitrogens with one attached hydrogen (secondary N) is 1. The van der Waals surface area contributed by atoms with Crippen molar-refractivity contribution >= 4 is 34.4 Å². The Bertz CT molecular complexity index is 810. The minimum Gasteiger partial charge on any atom is -0.306 e. The second-order valence-corrected chi connectivity index (χ2v) is 5.56. The maximum atomic E-state index is 12.4. The van der Waals surface area contributed by atoms with Crippen LogP contribution in [0.5, 0.6) is 0 Å². The Labute approximate surface area is 127 Å². The van der Waals surface area contributed by atoms with Crippen molar-refractivity contribution in [2.75, 3.05) is 11.6 Å². The number of carbonyl (C=O) groups is 1. The van der Waals surface area contributed by atoms with Crippen molar-refractivity contribution in [2.45, 2.75) is 11.8 Å². The van der Waals surface area contributed by atoms with Crippen LogP contribution in [-0.2, 0) is 0 Å².